The van der Waals surface area contributed by atoms with Gasteiger partial charge < -0.3 is 5.11 Å². The Kier molecular flexibility index (Phi) is 5.27. The number of para-hydroxylation sites is 1. The van der Waals surface area contributed by atoms with Crippen LogP contribution in [0.4, 0.5) is 5.13 Å². The molecule has 5 nitrogen and oxygen atoms in total. The maximum atomic E-state index is 12.5. The number of carbonyl (C=O) groups is 1. The summed E-state index contributed by atoms with van der Waals surface area (Å²) in [7, 11) is 1.84. The molecule has 0 saturated carbocycles. The first-order valence-electron chi connectivity index (χ1n) is 7.03. The van der Waals surface area contributed by atoms with Gasteiger partial charge in [0.05, 0.1) is 23.4 Å². The van der Waals surface area contributed by atoms with Gasteiger partial charge in [-0.05, 0) is 33.0 Å². The van der Waals surface area contributed by atoms with Gasteiger partial charge in [0.15, 0.2) is 5.13 Å². The number of thiazole rings is 1. The molecule has 1 unspecified atom stereocenters. The number of fused-ring (bicyclic) bond motifs is 1. The first-order valence-corrected chi connectivity index (χ1v) is 7.85. The van der Waals surface area contributed by atoms with Crippen molar-refractivity contribution >= 4 is 32.6 Å². The molecule has 0 saturated heterocycles. The van der Waals surface area contributed by atoms with E-state index in [1.807, 2.05) is 50.1 Å². The quantitative estimate of drug-likeness (QED) is 0.886. The summed E-state index contributed by atoms with van der Waals surface area (Å²) in [6.07, 6.45) is 0. The van der Waals surface area contributed by atoms with Gasteiger partial charge in [0.2, 0.25) is 5.91 Å². The zero-order valence-corrected chi connectivity index (χ0v) is 13.4. The molecule has 2 aromatic rings. The van der Waals surface area contributed by atoms with Gasteiger partial charge in [-0.1, -0.05) is 23.5 Å². The van der Waals surface area contributed by atoms with Gasteiger partial charge >= 0.3 is 0 Å². The largest absolute Gasteiger partial charge is 0.395 e. The second-order valence-corrected chi connectivity index (χ2v) is 6.06. The highest BCUT2D eigenvalue weighted by Gasteiger charge is 2.20. The minimum Gasteiger partial charge on any atom is -0.395 e. The Labute approximate surface area is 128 Å². The molecular weight excluding hydrogens is 286 g/mol. The van der Waals surface area contributed by atoms with Crippen molar-refractivity contribution in [1.82, 2.24) is 9.88 Å². The second-order valence-electron chi connectivity index (χ2n) is 5.05. The summed E-state index contributed by atoms with van der Waals surface area (Å²) < 4.78 is 1.08. The molecule has 1 heterocycles. The standard InChI is InChI=1S/C15H21N3O2S/c1-4-18(14(20)9-17(3)11(2)10-19)15-16-12-7-5-6-8-13(12)21-15/h5-8,11,19H,4,9-10H2,1-3H3. The van der Waals surface area contributed by atoms with E-state index in [1.165, 1.54) is 11.3 Å². The first-order chi connectivity index (χ1) is 10.1. The number of hydrogen-bond acceptors (Lipinski definition) is 5. The third-order valence-corrected chi connectivity index (χ3v) is 4.59. The Morgan fingerprint density at radius 1 is 1.43 bits per heavy atom. The summed E-state index contributed by atoms with van der Waals surface area (Å²) in [5.41, 5.74) is 0.917. The number of anilines is 1. The summed E-state index contributed by atoms with van der Waals surface area (Å²) in [6, 6.07) is 7.84. The summed E-state index contributed by atoms with van der Waals surface area (Å²) in [5, 5.41) is 9.88. The average Bonchev–Trinajstić information content (AvgIpc) is 2.90. The summed E-state index contributed by atoms with van der Waals surface area (Å²) in [6.45, 7) is 4.73. The third-order valence-electron chi connectivity index (χ3n) is 3.53. The Bertz CT molecular complexity index is 581. The van der Waals surface area contributed by atoms with Crippen molar-refractivity contribution in [2.45, 2.75) is 19.9 Å². The first kappa shape index (κ1) is 15.9. The Morgan fingerprint density at radius 2 is 2.14 bits per heavy atom. The van der Waals surface area contributed by atoms with Gasteiger partial charge in [-0.15, -0.1) is 0 Å². The molecule has 1 aromatic heterocycles. The molecule has 0 aliphatic heterocycles. The lowest BCUT2D eigenvalue weighted by Gasteiger charge is -2.25. The SMILES string of the molecule is CCN(C(=O)CN(C)C(C)CO)c1nc2ccccc2s1. The topological polar surface area (TPSA) is 56.7 Å². The number of aliphatic hydroxyl groups is 1. The fourth-order valence-electron chi connectivity index (χ4n) is 1.99. The van der Waals surface area contributed by atoms with Crippen molar-refractivity contribution in [3.05, 3.63) is 24.3 Å². The maximum Gasteiger partial charge on any atom is 0.242 e. The molecule has 0 aliphatic carbocycles. The molecule has 1 aromatic carbocycles. The highest BCUT2D eigenvalue weighted by atomic mass is 32.1. The minimum atomic E-state index is -0.0389. The van der Waals surface area contributed by atoms with Gasteiger partial charge in [0.1, 0.15) is 0 Å². The Morgan fingerprint density at radius 3 is 2.76 bits per heavy atom. The van der Waals surface area contributed by atoms with Crippen LogP contribution in [0, 0.1) is 0 Å². The lowest BCUT2D eigenvalue weighted by Crippen LogP contribution is -2.43. The average molecular weight is 307 g/mol. The van der Waals surface area contributed by atoms with Crippen LogP contribution in [0.25, 0.3) is 10.2 Å². The van der Waals surface area contributed by atoms with E-state index in [9.17, 15) is 4.79 Å². The third kappa shape index (κ3) is 3.58. The molecule has 0 fully saturated rings. The van der Waals surface area contributed by atoms with Gasteiger partial charge in [-0.3, -0.25) is 14.6 Å². The maximum absolute atomic E-state index is 12.5. The molecule has 0 spiro atoms. The van der Waals surface area contributed by atoms with Gasteiger partial charge in [0, 0.05) is 12.6 Å². The highest BCUT2D eigenvalue weighted by molar-refractivity contribution is 7.22. The van der Waals surface area contributed by atoms with Crippen LogP contribution in [-0.2, 0) is 4.79 Å². The number of amides is 1. The molecule has 1 amide bonds. The molecule has 1 atom stereocenters. The van der Waals surface area contributed by atoms with Crippen molar-refractivity contribution in [2.75, 3.05) is 31.6 Å². The number of aliphatic hydroxyl groups excluding tert-OH is 1. The van der Waals surface area contributed by atoms with Crippen molar-refractivity contribution in [3.63, 3.8) is 0 Å². The van der Waals surface area contributed by atoms with Crippen LogP contribution in [0.3, 0.4) is 0 Å². The zero-order chi connectivity index (χ0) is 15.4. The van der Waals surface area contributed by atoms with Crippen molar-refractivity contribution < 1.29 is 9.90 Å². The highest BCUT2D eigenvalue weighted by Crippen LogP contribution is 2.28. The van der Waals surface area contributed by atoms with Crippen LogP contribution in [-0.4, -0.2) is 53.7 Å². The van der Waals surface area contributed by atoms with Crippen LogP contribution in [0.5, 0.6) is 0 Å². The predicted molar refractivity (Wildman–Crippen MR) is 86.8 cm³/mol. The van der Waals surface area contributed by atoms with E-state index in [1.54, 1.807) is 4.90 Å². The molecule has 2 rings (SSSR count). The number of nitrogens with zero attached hydrogens (tertiary/aromatic N) is 3. The summed E-state index contributed by atoms with van der Waals surface area (Å²) in [5.74, 6) is -0.000596. The molecule has 0 aliphatic rings. The van der Waals surface area contributed by atoms with Crippen LogP contribution in [0.1, 0.15) is 13.8 Å². The van der Waals surface area contributed by atoms with Crippen LogP contribution in [0.15, 0.2) is 24.3 Å². The van der Waals surface area contributed by atoms with Crippen molar-refractivity contribution in [2.24, 2.45) is 0 Å². The molecule has 6 heteroatoms. The summed E-state index contributed by atoms with van der Waals surface area (Å²) >= 11 is 1.53. The number of benzene rings is 1. The van der Waals surface area contributed by atoms with Gasteiger partial charge in [-0.25, -0.2) is 4.98 Å². The second kappa shape index (κ2) is 6.98. The van der Waals surface area contributed by atoms with Gasteiger partial charge in [-0.2, -0.15) is 0 Å². The van der Waals surface area contributed by atoms with Crippen molar-refractivity contribution in [1.29, 1.82) is 0 Å². The van der Waals surface area contributed by atoms with Crippen molar-refractivity contribution in [3.8, 4) is 0 Å². The minimum absolute atomic E-state index is 0.000596. The normalized spacial score (nSPS) is 12.8. The molecule has 0 bridgehead atoms. The molecule has 0 radical (unpaired) electrons. The van der Waals surface area contributed by atoms with Crippen LogP contribution >= 0.6 is 11.3 Å². The Hall–Kier alpha value is -1.50. The molecule has 114 valence electrons. The Balaban J connectivity index is 2.16. The van der Waals surface area contributed by atoms with E-state index in [-0.39, 0.29) is 25.1 Å². The van der Waals surface area contributed by atoms with E-state index in [2.05, 4.69) is 4.98 Å². The van der Waals surface area contributed by atoms with E-state index in [4.69, 9.17) is 5.11 Å². The number of carbonyl (C=O) groups excluding carboxylic acids is 1. The zero-order valence-electron chi connectivity index (χ0n) is 12.6. The fourth-order valence-corrected chi connectivity index (χ4v) is 3.03. The fraction of sp³-hybridized carbons (Fsp3) is 0.467. The smallest absolute Gasteiger partial charge is 0.242 e. The molecule has 21 heavy (non-hydrogen) atoms. The number of rotatable bonds is 6. The summed E-state index contributed by atoms with van der Waals surface area (Å²) in [4.78, 5) is 20.5. The predicted octanol–water partition coefficient (Wildman–Crippen LogP) is 1.96. The number of aromatic nitrogens is 1. The van der Waals surface area contributed by atoms with E-state index < -0.39 is 0 Å². The van der Waals surface area contributed by atoms with Crippen LogP contribution in [0.2, 0.25) is 0 Å². The number of hydrogen-bond donors (Lipinski definition) is 1. The van der Waals surface area contributed by atoms with E-state index in [0.717, 1.165) is 15.3 Å². The van der Waals surface area contributed by atoms with Gasteiger partial charge in [0.25, 0.3) is 0 Å². The molecular formula is C15H21N3O2S. The lowest BCUT2D eigenvalue weighted by atomic mass is 10.3. The van der Waals surface area contributed by atoms with E-state index in [0.29, 0.717) is 6.54 Å². The van der Waals surface area contributed by atoms with Crippen LogP contribution < -0.4 is 4.90 Å². The number of likely N-dealkylation sites (N-methyl/N-ethyl adjacent to an activating group) is 2. The van der Waals surface area contributed by atoms with E-state index >= 15 is 0 Å². The lowest BCUT2D eigenvalue weighted by molar-refractivity contribution is -0.120. The monoisotopic (exact) mass is 307 g/mol. The molecule has 1 N–H and O–H groups in total.